The predicted molar refractivity (Wildman–Crippen MR) is 96.0 cm³/mol. The smallest absolute Gasteiger partial charge is 0.323 e. The van der Waals surface area contributed by atoms with Crippen molar-refractivity contribution in [1.82, 2.24) is 15.0 Å². The lowest BCUT2D eigenvalue weighted by Gasteiger charge is -2.06. The minimum absolute atomic E-state index is 0. The minimum Gasteiger partial charge on any atom is -0.323 e. The Labute approximate surface area is 153 Å². The second-order valence-corrected chi connectivity index (χ2v) is 6.99. The average Bonchev–Trinajstić information content (AvgIpc) is 2.28. The minimum atomic E-state index is -3.94. The van der Waals surface area contributed by atoms with Crippen LogP contribution in [0.4, 0.5) is 11.6 Å². The van der Waals surface area contributed by atoms with Crippen LogP contribution in [0.1, 0.15) is 0 Å². The van der Waals surface area contributed by atoms with Gasteiger partial charge in [0.2, 0.25) is 16.5 Å². The topological polar surface area (TPSA) is 108 Å². The van der Waals surface area contributed by atoms with Crippen molar-refractivity contribution in [3.8, 4) is 0 Å². The molecule has 0 aliphatic carbocycles. The van der Waals surface area contributed by atoms with E-state index in [0.717, 1.165) is 0 Å². The van der Waals surface area contributed by atoms with Crippen molar-refractivity contribution >= 4 is 79.0 Å². The van der Waals surface area contributed by atoms with E-state index in [2.05, 4.69) is 32.5 Å². The molecule has 1 aromatic carbocycles. The Morgan fingerprint density at radius 2 is 1.50 bits per heavy atom. The van der Waals surface area contributed by atoms with Crippen LogP contribution in [0.25, 0.3) is 0 Å². The van der Waals surface area contributed by atoms with Gasteiger partial charge < -0.3 is 15.1 Å². The van der Waals surface area contributed by atoms with Gasteiger partial charge in [0.25, 0.3) is 0 Å². The van der Waals surface area contributed by atoms with E-state index in [-0.39, 0.29) is 30.0 Å². The number of benzene rings is 1. The Balaban J connectivity index is 0.000000644. The molecule has 0 aliphatic heterocycles. The molecule has 1 heterocycles. The molecule has 13 heteroatoms. The van der Waals surface area contributed by atoms with E-state index in [1.807, 2.05) is 12.1 Å². The summed E-state index contributed by atoms with van der Waals surface area (Å²) in [4.78, 5) is 26.3. The zero-order valence-electron chi connectivity index (χ0n) is 10.5. The number of para-hydroxylation sites is 1. The third kappa shape index (κ3) is 9.70. The van der Waals surface area contributed by atoms with Crippen LogP contribution >= 0.6 is 67.3 Å². The van der Waals surface area contributed by atoms with E-state index in [9.17, 15) is 4.57 Å². The number of anilines is 2. The van der Waals surface area contributed by atoms with Gasteiger partial charge in [-0.2, -0.15) is 28.4 Å². The van der Waals surface area contributed by atoms with E-state index in [4.69, 9.17) is 44.6 Å². The molecule has 0 bridgehead atoms. The summed E-state index contributed by atoms with van der Waals surface area (Å²) in [5.74, 6) is 0.248. The first-order valence-electron chi connectivity index (χ1n) is 5.02. The van der Waals surface area contributed by atoms with Gasteiger partial charge in [-0.3, -0.25) is 0 Å². The largest absolute Gasteiger partial charge is 0.380 e. The van der Waals surface area contributed by atoms with Gasteiger partial charge in [0, 0.05) is 0 Å². The molecule has 0 amide bonds. The maximum absolute atomic E-state index is 9.19. The predicted octanol–water partition coefficient (Wildman–Crippen LogP) is 3.70. The molecule has 22 heavy (non-hydrogen) atoms. The second-order valence-electron chi connectivity index (χ2n) is 3.32. The summed E-state index contributed by atoms with van der Waals surface area (Å²) in [6, 6.07) is 7.18. The van der Waals surface area contributed by atoms with Crippen LogP contribution in [0.2, 0.25) is 15.6 Å². The molecule has 0 saturated carbocycles. The number of hydrogen-bond acceptors (Lipinski definition) is 5. The molecule has 0 unspecified atom stereocenters. The number of rotatable bonds is 2. The molecule has 3 N–H and O–H groups in total. The number of halogens is 3. The third-order valence-corrected chi connectivity index (χ3v) is 2.37. The van der Waals surface area contributed by atoms with E-state index in [1.54, 1.807) is 12.1 Å². The van der Waals surface area contributed by atoms with Gasteiger partial charge >= 0.3 is 6.80 Å². The maximum Gasteiger partial charge on any atom is 0.380 e. The van der Waals surface area contributed by atoms with Gasteiger partial charge in [-0.05, 0) is 35.3 Å². The Hall–Kier alpha value is -0.250. The lowest BCUT2D eigenvalue weighted by Crippen LogP contribution is -1.99. The molecule has 0 spiro atoms. The van der Waals surface area contributed by atoms with Crippen LogP contribution in [0, 0.1) is 0 Å². The number of thiol groups is 1. The van der Waals surface area contributed by atoms with Gasteiger partial charge in [0.15, 0.2) is 0 Å². The Morgan fingerprint density at radius 3 is 1.95 bits per heavy atom. The average molecular weight is 424 g/mol. The molecular weight excluding hydrogens is 414 g/mol. The van der Waals surface area contributed by atoms with Gasteiger partial charge in [0.1, 0.15) is 0 Å². The summed E-state index contributed by atoms with van der Waals surface area (Å²) in [6.07, 6.45) is 0. The Morgan fingerprint density at radius 1 is 1.05 bits per heavy atom. The molecule has 0 atom stereocenters. The Kier molecular flexibility index (Phi) is 9.68. The highest BCUT2D eigenvalue weighted by Crippen LogP contribution is 2.39. The van der Waals surface area contributed by atoms with Crippen molar-refractivity contribution in [2.75, 3.05) is 5.32 Å². The van der Waals surface area contributed by atoms with Crippen molar-refractivity contribution in [3.63, 3.8) is 0 Å². The first-order valence-corrected chi connectivity index (χ1v) is 8.92. The first kappa shape index (κ1) is 21.8. The van der Waals surface area contributed by atoms with Gasteiger partial charge in [0.05, 0.1) is 10.7 Å². The van der Waals surface area contributed by atoms with Crippen LogP contribution in [0.5, 0.6) is 0 Å². The van der Waals surface area contributed by atoms with Crippen LogP contribution in [0.3, 0.4) is 0 Å². The molecule has 0 saturated heterocycles. The number of hydrogen-bond donors (Lipinski definition) is 4. The van der Waals surface area contributed by atoms with Gasteiger partial charge in [-0.25, -0.2) is 4.57 Å². The number of nitrogens with one attached hydrogen (secondary N) is 1. The van der Waals surface area contributed by atoms with Crippen molar-refractivity contribution in [2.45, 2.75) is 0 Å². The fraction of sp³-hybridized carbons (Fsp3) is 0. The van der Waals surface area contributed by atoms with Crippen LogP contribution < -0.4 is 5.32 Å². The molecule has 0 aliphatic rings. The van der Waals surface area contributed by atoms with Crippen LogP contribution in [-0.4, -0.2) is 24.7 Å². The van der Waals surface area contributed by atoms with E-state index in [0.29, 0.717) is 10.7 Å². The summed E-state index contributed by atoms with van der Waals surface area (Å²) in [5, 5.41) is 3.49. The van der Waals surface area contributed by atoms with Crippen LogP contribution in [0.15, 0.2) is 24.3 Å². The summed E-state index contributed by atoms with van der Waals surface area (Å²) in [5.41, 5.74) is 0.669. The fourth-order valence-corrected chi connectivity index (χ4v) is 1.61. The van der Waals surface area contributed by atoms with Gasteiger partial charge in [-0.15, -0.1) is 0 Å². The highest BCUT2D eigenvalue weighted by molar-refractivity contribution is 8.43. The Bertz CT molecular complexity index is 648. The monoisotopic (exact) mass is 422 g/mol. The number of nitrogens with zero attached hydrogens (tertiary/aromatic N) is 3. The zero-order chi connectivity index (χ0) is 16.0. The van der Waals surface area contributed by atoms with Crippen molar-refractivity contribution < 1.29 is 14.4 Å². The maximum atomic E-state index is 9.19. The highest BCUT2D eigenvalue weighted by atomic mass is 35.5. The van der Waals surface area contributed by atoms with Crippen LogP contribution in [-0.2, 0) is 4.57 Å². The SMILES string of the molecule is Clc1nc(Cl)nc(Nc2ccccc2Cl)n1.O=P(O)(O)S.S. The fourth-order valence-electron chi connectivity index (χ4n) is 1.06. The standard InChI is InChI=1S/C9H5Cl3N4.H3O3PS.H2S/c10-5-3-1-2-4-6(5)13-9-15-7(11)14-8(12)16-9;1-4(2,3)5;/h1-4H,(H,13,14,15,16);(H3,1,2,3,5);1H2. The molecule has 0 fully saturated rings. The van der Waals surface area contributed by atoms with Crippen molar-refractivity contribution in [1.29, 1.82) is 0 Å². The van der Waals surface area contributed by atoms with E-state index in [1.165, 1.54) is 0 Å². The van der Waals surface area contributed by atoms with E-state index >= 15 is 0 Å². The lowest BCUT2D eigenvalue weighted by atomic mass is 10.3. The quantitative estimate of drug-likeness (QED) is 0.431. The summed E-state index contributed by atoms with van der Waals surface area (Å²) in [6.45, 7) is -3.94. The van der Waals surface area contributed by atoms with Crippen molar-refractivity contribution in [2.24, 2.45) is 0 Å². The molecule has 0 radical (unpaired) electrons. The normalized spacial score (nSPS) is 10.1. The summed E-state index contributed by atoms with van der Waals surface area (Å²) >= 11 is 20.0. The van der Waals surface area contributed by atoms with Crippen molar-refractivity contribution in [3.05, 3.63) is 39.9 Å². The first-order chi connectivity index (χ1) is 9.65. The molecule has 1 aromatic heterocycles. The number of aromatic nitrogens is 3. The second kappa shape index (κ2) is 9.79. The zero-order valence-corrected chi connectivity index (χ0v) is 15.5. The molecule has 2 aromatic rings. The van der Waals surface area contributed by atoms with E-state index < -0.39 is 6.80 Å². The molecule has 7 nitrogen and oxygen atoms in total. The molecule has 2 rings (SSSR count). The summed E-state index contributed by atoms with van der Waals surface area (Å²) < 4.78 is 9.19. The molecular formula is C9H10Cl3N4O3PS2. The summed E-state index contributed by atoms with van der Waals surface area (Å²) in [7, 11) is 0. The van der Waals surface area contributed by atoms with Gasteiger partial charge in [-0.1, -0.05) is 36.0 Å². The molecule has 122 valence electrons. The highest BCUT2D eigenvalue weighted by Gasteiger charge is 2.05. The third-order valence-electron chi connectivity index (χ3n) is 1.70. The lowest BCUT2D eigenvalue weighted by molar-refractivity contribution is 0.397.